The maximum Gasteiger partial charge on any atom is 0.303 e. The highest BCUT2D eigenvalue weighted by Gasteiger charge is 2.26. The molecule has 3 N–H and O–H groups in total. The van der Waals surface area contributed by atoms with E-state index in [1.165, 1.54) is 4.91 Å². The molecule has 0 aromatic rings. The van der Waals surface area contributed by atoms with Crippen molar-refractivity contribution in [3.8, 4) is 0 Å². The summed E-state index contributed by atoms with van der Waals surface area (Å²) < 4.78 is 0. The van der Waals surface area contributed by atoms with E-state index in [2.05, 4.69) is 13.0 Å². The quantitative estimate of drug-likeness (QED) is 0.342. The van der Waals surface area contributed by atoms with Crippen molar-refractivity contribution in [1.82, 2.24) is 0 Å². The lowest BCUT2D eigenvalue weighted by molar-refractivity contribution is -0.137. The summed E-state index contributed by atoms with van der Waals surface area (Å²) in [4.78, 5) is 11.6. The van der Waals surface area contributed by atoms with Crippen LogP contribution in [-0.4, -0.2) is 39.2 Å². The first-order chi connectivity index (χ1) is 11.5. The summed E-state index contributed by atoms with van der Waals surface area (Å²) in [6.45, 7) is 2.15. The molecule has 0 aliphatic heterocycles. The maximum absolute atomic E-state index is 10.5. The van der Waals surface area contributed by atoms with Gasteiger partial charge in [-0.1, -0.05) is 50.8 Å². The molecule has 0 spiro atoms. The van der Waals surface area contributed by atoms with E-state index in [4.69, 9.17) is 5.11 Å². The largest absolute Gasteiger partial charge is 0.481 e. The van der Waals surface area contributed by atoms with Crippen LogP contribution in [0, 0.1) is 5.92 Å². The molecule has 5 heteroatoms. The van der Waals surface area contributed by atoms with E-state index < -0.39 is 18.2 Å². The van der Waals surface area contributed by atoms with Crippen LogP contribution < -0.4 is 0 Å². The predicted molar refractivity (Wildman–Crippen MR) is 100 cm³/mol. The molecule has 0 fully saturated rings. The van der Waals surface area contributed by atoms with Crippen molar-refractivity contribution < 1.29 is 20.1 Å². The number of hydrogen-bond acceptors (Lipinski definition) is 4. The van der Waals surface area contributed by atoms with Crippen molar-refractivity contribution in [2.45, 2.75) is 76.9 Å². The van der Waals surface area contributed by atoms with E-state index in [9.17, 15) is 15.0 Å². The Morgan fingerprint density at radius 2 is 2.12 bits per heavy atom. The first-order valence-electron chi connectivity index (χ1n) is 9.13. The van der Waals surface area contributed by atoms with E-state index >= 15 is 0 Å². The van der Waals surface area contributed by atoms with Crippen molar-refractivity contribution in [1.29, 1.82) is 0 Å². The second-order valence-electron chi connectivity index (χ2n) is 6.44. The van der Waals surface area contributed by atoms with Crippen molar-refractivity contribution in [3.63, 3.8) is 0 Å². The highest BCUT2D eigenvalue weighted by atomic mass is 32.2. The van der Waals surface area contributed by atoms with Crippen LogP contribution in [-0.2, 0) is 4.79 Å². The van der Waals surface area contributed by atoms with E-state index in [0.717, 1.165) is 50.7 Å². The number of aliphatic carboxylic acids is 1. The van der Waals surface area contributed by atoms with Gasteiger partial charge in [0.1, 0.15) is 0 Å². The van der Waals surface area contributed by atoms with Gasteiger partial charge in [0.05, 0.1) is 12.2 Å². The summed E-state index contributed by atoms with van der Waals surface area (Å²) in [7, 11) is 0. The Hall–Kier alpha value is -0.780. The number of carboxylic acids is 1. The first-order valence-corrected chi connectivity index (χ1v) is 10.1. The average molecular weight is 357 g/mol. The summed E-state index contributed by atoms with van der Waals surface area (Å²) in [6.07, 6.45) is 12.7. The van der Waals surface area contributed by atoms with E-state index in [1.54, 1.807) is 11.8 Å². The molecular weight excluding hydrogens is 324 g/mol. The van der Waals surface area contributed by atoms with Gasteiger partial charge >= 0.3 is 5.97 Å². The molecule has 1 rings (SSSR count). The fraction of sp³-hybridized carbons (Fsp3) is 0.737. The summed E-state index contributed by atoms with van der Waals surface area (Å²) in [5.74, 6) is 0.212. The highest BCUT2D eigenvalue weighted by Crippen LogP contribution is 2.36. The molecule has 1 aliphatic rings. The summed E-state index contributed by atoms with van der Waals surface area (Å²) in [5.41, 5.74) is 0. The Morgan fingerprint density at radius 1 is 1.33 bits per heavy atom. The van der Waals surface area contributed by atoms with Crippen LogP contribution in [0.4, 0.5) is 0 Å². The van der Waals surface area contributed by atoms with Gasteiger partial charge < -0.3 is 15.3 Å². The smallest absolute Gasteiger partial charge is 0.303 e. The Kier molecular flexibility index (Phi) is 11.1. The number of carboxylic acid groups (broad SMARTS) is 1. The van der Waals surface area contributed by atoms with Gasteiger partial charge in [0, 0.05) is 12.3 Å². The molecule has 0 saturated carbocycles. The lowest BCUT2D eigenvalue weighted by Gasteiger charge is -2.15. The zero-order valence-electron chi connectivity index (χ0n) is 14.7. The normalized spacial score (nSPS) is 22.0. The van der Waals surface area contributed by atoms with Gasteiger partial charge in [0.15, 0.2) is 0 Å². The van der Waals surface area contributed by atoms with Gasteiger partial charge in [0.25, 0.3) is 0 Å². The SMILES string of the molecule is CCCCCC(O)C=C[C@@H]1C(SCCCCCC(=O)O)=CCC1O. The van der Waals surface area contributed by atoms with E-state index in [-0.39, 0.29) is 12.3 Å². The third-order valence-electron chi connectivity index (χ3n) is 4.25. The highest BCUT2D eigenvalue weighted by molar-refractivity contribution is 8.03. The molecule has 0 aromatic carbocycles. The zero-order chi connectivity index (χ0) is 17.8. The summed E-state index contributed by atoms with van der Waals surface area (Å²) in [6, 6.07) is 0. The fourth-order valence-electron chi connectivity index (χ4n) is 2.78. The van der Waals surface area contributed by atoms with Gasteiger partial charge in [-0.2, -0.15) is 0 Å². The van der Waals surface area contributed by atoms with Crippen LogP contribution in [0.1, 0.15) is 64.7 Å². The number of unbranched alkanes of at least 4 members (excludes halogenated alkanes) is 4. The molecule has 0 bridgehead atoms. The molecule has 0 aromatic heterocycles. The fourth-order valence-corrected chi connectivity index (χ4v) is 4.01. The van der Waals surface area contributed by atoms with Crippen LogP contribution in [0.25, 0.3) is 0 Å². The second kappa shape index (κ2) is 12.6. The van der Waals surface area contributed by atoms with Crippen molar-refractivity contribution in [2.24, 2.45) is 5.92 Å². The van der Waals surface area contributed by atoms with Gasteiger partial charge in [-0.25, -0.2) is 0 Å². The topological polar surface area (TPSA) is 77.8 Å². The van der Waals surface area contributed by atoms with Gasteiger partial charge in [-0.3, -0.25) is 4.79 Å². The molecule has 1 aliphatic carbocycles. The molecule has 0 amide bonds. The van der Waals surface area contributed by atoms with Gasteiger partial charge in [-0.15, -0.1) is 11.8 Å². The number of aliphatic hydroxyl groups is 2. The Bertz CT molecular complexity index is 420. The minimum Gasteiger partial charge on any atom is -0.481 e. The number of aliphatic hydroxyl groups excluding tert-OH is 2. The Labute approximate surface area is 150 Å². The van der Waals surface area contributed by atoms with E-state index in [0.29, 0.717) is 6.42 Å². The average Bonchev–Trinajstić information content (AvgIpc) is 2.89. The molecule has 4 nitrogen and oxygen atoms in total. The van der Waals surface area contributed by atoms with Gasteiger partial charge in [0.2, 0.25) is 0 Å². The Balaban J connectivity index is 2.29. The molecule has 24 heavy (non-hydrogen) atoms. The molecule has 0 heterocycles. The van der Waals surface area contributed by atoms with Crippen LogP contribution in [0.2, 0.25) is 0 Å². The van der Waals surface area contributed by atoms with Crippen LogP contribution >= 0.6 is 11.8 Å². The number of thioether (sulfide) groups is 1. The maximum atomic E-state index is 10.5. The molecule has 2 unspecified atom stereocenters. The van der Waals surface area contributed by atoms with Gasteiger partial charge in [-0.05, 0) is 36.3 Å². The summed E-state index contributed by atoms with van der Waals surface area (Å²) in [5, 5.41) is 28.7. The van der Waals surface area contributed by atoms with E-state index in [1.807, 2.05) is 12.2 Å². The number of rotatable bonds is 13. The molecule has 138 valence electrons. The number of carbonyl (C=O) groups is 1. The molecule has 0 radical (unpaired) electrons. The van der Waals surface area contributed by atoms with Crippen LogP contribution in [0.3, 0.4) is 0 Å². The Morgan fingerprint density at radius 3 is 2.83 bits per heavy atom. The molecule has 0 saturated heterocycles. The number of hydrogen-bond donors (Lipinski definition) is 3. The van der Waals surface area contributed by atoms with Crippen molar-refractivity contribution in [3.05, 3.63) is 23.1 Å². The third kappa shape index (κ3) is 8.90. The zero-order valence-corrected chi connectivity index (χ0v) is 15.5. The minimum absolute atomic E-state index is 0.00477. The van der Waals surface area contributed by atoms with Crippen LogP contribution in [0.5, 0.6) is 0 Å². The van der Waals surface area contributed by atoms with Crippen molar-refractivity contribution in [2.75, 3.05) is 5.75 Å². The lowest BCUT2D eigenvalue weighted by Crippen LogP contribution is -2.14. The third-order valence-corrected chi connectivity index (χ3v) is 5.52. The minimum atomic E-state index is -0.730. The monoisotopic (exact) mass is 356 g/mol. The first kappa shape index (κ1) is 21.3. The molecule has 3 atom stereocenters. The predicted octanol–water partition coefficient (Wildman–Crippen LogP) is 4.13. The van der Waals surface area contributed by atoms with Crippen LogP contribution in [0.15, 0.2) is 23.1 Å². The lowest BCUT2D eigenvalue weighted by atomic mass is 10.0. The standard InChI is InChI=1S/C19H32O4S/c1-2-3-5-8-15(20)10-11-16-17(21)12-13-18(16)24-14-7-4-6-9-19(22)23/h10-11,13,15-17,20-21H,2-9,12,14H2,1H3,(H,22,23)/t15?,16-,17?/m0/s1. The second-order valence-corrected chi connectivity index (χ2v) is 7.60. The van der Waals surface area contributed by atoms with Crippen molar-refractivity contribution >= 4 is 17.7 Å². The molecular formula is C19H32O4S. The summed E-state index contributed by atoms with van der Waals surface area (Å²) >= 11 is 1.75.